The molecule has 70 valence electrons. The SMILES string of the molecule is C1=NCCN1.C=CC[N+](C)(C)C. The van der Waals surface area contributed by atoms with Gasteiger partial charge in [-0.25, -0.2) is 0 Å². The minimum absolute atomic E-state index is 0.958. The quantitative estimate of drug-likeness (QED) is 0.473. The van der Waals surface area contributed by atoms with Gasteiger partial charge in [0.25, 0.3) is 0 Å². The van der Waals surface area contributed by atoms with Crippen LogP contribution in [0.5, 0.6) is 0 Å². The molecule has 1 heterocycles. The molecule has 0 amide bonds. The summed E-state index contributed by atoms with van der Waals surface area (Å²) in [5.74, 6) is 0. The second-order valence-corrected chi connectivity index (χ2v) is 3.75. The lowest BCUT2D eigenvalue weighted by molar-refractivity contribution is -0.864. The molecule has 1 aliphatic heterocycles. The molecule has 0 atom stereocenters. The van der Waals surface area contributed by atoms with Gasteiger partial charge in [-0.05, 0) is 6.08 Å². The Balaban J connectivity index is 0.000000211. The van der Waals surface area contributed by atoms with Crippen LogP contribution in [-0.2, 0) is 0 Å². The largest absolute Gasteiger partial charge is 0.375 e. The van der Waals surface area contributed by atoms with Crippen LogP contribution >= 0.6 is 0 Å². The van der Waals surface area contributed by atoms with Crippen molar-refractivity contribution in [2.45, 2.75) is 0 Å². The Hall–Kier alpha value is -0.830. The zero-order chi connectivity index (χ0) is 9.45. The minimum Gasteiger partial charge on any atom is -0.375 e. The van der Waals surface area contributed by atoms with E-state index in [-0.39, 0.29) is 0 Å². The van der Waals surface area contributed by atoms with Gasteiger partial charge in [0.15, 0.2) is 0 Å². The number of quaternary nitrogens is 1. The molecule has 1 aliphatic rings. The Labute approximate surface area is 75.4 Å². The topological polar surface area (TPSA) is 24.4 Å². The van der Waals surface area contributed by atoms with Crippen molar-refractivity contribution in [3.63, 3.8) is 0 Å². The van der Waals surface area contributed by atoms with Gasteiger partial charge in [0.1, 0.15) is 0 Å². The molecule has 0 spiro atoms. The summed E-state index contributed by atoms with van der Waals surface area (Å²) in [6.07, 6.45) is 3.67. The van der Waals surface area contributed by atoms with E-state index >= 15 is 0 Å². The highest BCUT2D eigenvalue weighted by molar-refractivity contribution is 5.56. The number of rotatable bonds is 2. The van der Waals surface area contributed by atoms with Gasteiger partial charge >= 0.3 is 0 Å². The summed E-state index contributed by atoms with van der Waals surface area (Å²) in [6.45, 7) is 6.66. The second-order valence-electron chi connectivity index (χ2n) is 3.75. The molecule has 0 saturated heterocycles. The van der Waals surface area contributed by atoms with Crippen molar-refractivity contribution in [3.05, 3.63) is 12.7 Å². The first-order valence-corrected chi connectivity index (χ1v) is 4.19. The Bertz CT molecular complexity index is 138. The van der Waals surface area contributed by atoms with Crippen LogP contribution in [0.1, 0.15) is 0 Å². The fraction of sp³-hybridized carbons (Fsp3) is 0.667. The molecule has 12 heavy (non-hydrogen) atoms. The van der Waals surface area contributed by atoms with Gasteiger partial charge in [-0.15, -0.1) is 0 Å². The molecule has 0 fully saturated rings. The first kappa shape index (κ1) is 11.2. The third-order valence-corrected chi connectivity index (χ3v) is 1.24. The van der Waals surface area contributed by atoms with Crippen LogP contribution in [0.3, 0.4) is 0 Å². The fourth-order valence-corrected chi connectivity index (χ4v) is 0.710. The number of likely N-dealkylation sites (N-methyl/N-ethyl adjacent to an activating group) is 1. The maximum atomic E-state index is 3.85. The molecule has 1 rings (SSSR count). The molecule has 3 heteroatoms. The number of hydrogen-bond acceptors (Lipinski definition) is 2. The highest BCUT2D eigenvalue weighted by atomic mass is 15.3. The maximum Gasteiger partial charge on any atom is 0.0964 e. The highest BCUT2D eigenvalue weighted by Crippen LogP contribution is 1.86. The minimum atomic E-state index is 0.958. The summed E-state index contributed by atoms with van der Waals surface area (Å²) < 4.78 is 0.976. The average molecular weight is 170 g/mol. The first-order valence-electron chi connectivity index (χ1n) is 4.19. The zero-order valence-corrected chi connectivity index (χ0v) is 8.38. The van der Waals surface area contributed by atoms with E-state index in [1.165, 1.54) is 0 Å². The molecule has 0 radical (unpaired) electrons. The standard InChI is InChI=1S/C6H14N.C3H6N2/c1-5-6-7(2,3)4;1-2-5-3-4-1/h5H,1,6H2,2-4H3;3H,1-2H2,(H,4,5)/q+1;. The van der Waals surface area contributed by atoms with Crippen LogP contribution in [0.25, 0.3) is 0 Å². The lowest BCUT2D eigenvalue weighted by Gasteiger charge is -2.21. The molecular formula is C9H20N3+. The van der Waals surface area contributed by atoms with E-state index in [1.54, 1.807) is 6.34 Å². The van der Waals surface area contributed by atoms with Crippen LogP contribution in [0.15, 0.2) is 17.6 Å². The van der Waals surface area contributed by atoms with Crippen LogP contribution < -0.4 is 5.32 Å². The normalized spacial score (nSPS) is 14.6. The lowest BCUT2D eigenvalue weighted by Crippen LogP contribution is -2.33. The van der Waals surface area contributed by atoms with Gasteiger partial charge in [-0.3, -0.25) is 4.99 Å². The second kappa shape index (κ2) is 5.77. The third kappa shape index (κ3) is 9.17. The van der Waals surface area contributed by atoms with E-state index in [1.807, 2.05) is 6.08 Å². The van der Waals surface area contributed by atoms with Crippen LogP contribution in [0, 0.1) is 0 Å². The van der Waals surface area contributed by atoms with Gasteiger partial charge in [0, 0.05) is 6.54 Å². The van der Waals surface area contributed by atoms with E-state index in [4.69, 9.17) is 0 Å². The monoisotopic (exact) mass is 170 g/mol. The van der Waals surface area contributed by atoms with Crippen molar-refractivity contribution in [3.8, 4) is 0 Å². The molecule has 0 aromatic heterocycles. The van der Waals surface area contributed by atoms with E-state index in [0.29, 0.717) is 0 Å². The summed E-state index contributed by atoms with van der Waals surface area (Å²) in [4.78, 5) is 3.85. The number of nitrogens with one attached hydrogen (secondary N) is 1. The van der Waals surface area contributed by atoms with Crippen LogP contribution in [-0.4, -0.2) is 51.6 Å². The van der Waals surface area contributed by atoms with Gasteiger partial charge in [0.2, 0.25) is 0 Å². The van der Waals surface area contributed by atoms with Gasteiger partial charge in [-0.1, -0.05) is 6.58 Å². The predicted octanol–water partition coefficient (Wildman–Crippen LogP) is 0.496. The predicted molar refractivity (Wildman–Crippen MR) is 54.5 cm³/mol. The number of nitrogens with zero attached hydrogens (tertiary/aromatic N) is 2. The molecule has 0 aromatic rings. The maximum absolute atomic E-state index is 3.85. The Kier molecular flexibility index (Phi) is 5.37. The van der Waals surface area contributed by atoms with Crippen molar-refractivity contribution in [2.75, 3.05) is 40.8 Å². The Morgan fingerprint density at radius 2 is 2.25 bits per heavy atom. The number of hydrogen-bond donors (Lipinski definition) is 1. The average Bonchev–Trinajstić information content (AvgIpc) is 2.38. The molecule has 0 saturated carbocycles. The molecule has 0 unspecified atom stereocenters. The van der Waals surface area contributed by atoms with Gasteiger partial charge < -0.3 is 9.80 Å². The third-order valence-electron chi connectivity index (χ3n) is 1.24. The number of aliphatic imine (C=N–C) groups is 1. The summed E-state index contributed by atoms with van der Waals surface area (Å²) >= 11 is 0. The zero-order valence-electron chi connectivity index (χ0n) is 8.38. The molecule has 0 aromatic carbocycles. The van der Waals surface area contributed by atoms with E-state index in [0.717, 1.165) is 24.1 Å². The highest BCUT2D eigenvalue weighted by Gasteiger charge is 1.99. The summed E-state index contributed by atoms with van der Waals surface area (Å²) in [6, 6.07) is 0. The van der Waals surface area contributed by atoms with Crippen LogP contribution in [0.4, 0.5) is 0 Å². The molecule has 3 nitrogen and oxygen atoms in total. The summed E-state index contributed by atoms with van der Waals surface area (Å²) in [5, 5.41) is 2.93. The molecule has 1 N–H and O–H groups in total. The smallest absolute Gasteiger partial charge is 0.0964 e. The first-order chi connectivity index (χ1) is 5.56. The van der Waals surface area contributed by atoms with E-state index in [9.17, 15) is 0 Å². The lowest BCUT2D eigenvalue weighted by atomic mass is 10.5. The van der Waals surface area contributed by atoms with Crippen LogP contribution in [0.2, 0.25) is 0 Å². The van der Waals surface area contributed by atoms with E-state index < -0.39 is 0 Å². The molecule has 0 aliphatic carbocycles. The fourth-order valence-electron chi connectivity index (χ4n) is 0.710. The summed E-state index contributed by atoms with van der Waals surface area (Å²) in [5.41, 5.74) is 0. The van der Waals surface area contributed by atoms with Crippen molar-refractivity contribution >= 4 is 6.34 Å². The van der Waals surface area contributed by atoms with Crippen molar-refractivity contribution in [2.24, 2.45) is 4.99 Å². The Morgan fingerprint density at radius 1 is 1.58 bits per heavy atom. The van der Waals surface area contributed by atoms with Gasteiger partial charge in [0.05, 0.1) is 40.6 Å². The van der Waals surface area contributed by atoms with Crippen molar-refractivity contribution < 1.29 is 4.48 Å². The van der Waals surface area contributed by atoms with Gasteiger partial charge in [-0.2, -0.15) is 0 Å². The summed E-state index contributed by atoms with van der Waals surface area (Å²) in [7, 11) is 6.42. The molecular weight excluding hydrogens is 150 g/mol. The van der Waals surface area contributed by atoms with Crippen molar-refractivity contribution in [1.29, 1.82) is 0 Å². The van der Waals surface area contributed by atoms with Crippen molar-refractivity contribution in [1.82, 2.24) is 5.32 Å². The Morgan fingerprint density at radius 3 is 2.33 bits per heavy atom. The van der Waals surface area contributed by atoms with E-state index in [2.05, 4.69) is 38.0 Å². The molecule has 0 bridgehead atoms.